The highest BCUT2D eigenvalue weighted by atomic mass is 16.6. The minimum atomic E-state index is -0.956. The largest absolute Gasteiger partial charge is 0.426 e. The van der Waals surface area contributed by atoms with Crippen molar-refractivity contribution in [3.63, 3.8) is 0 Å². The second-order valence-corrected chi connectivity index (χ2v) is 7.42. The number of carbonyl (C=O) groups excluding carboxylic acids is 1. The van der Waals surface area contributed by atoms with Crippen LogP contribution in [0, 0.1) is 0 Å². The van der Waals surface area contributed by atoms with Crippen LogP contribution in [0.1, 0.15) is 30.3 Å². The van der Waals surface area contributed by atoms with Gasteiger partial charge in [-0.25, -0.2) is 0 Å². The summed E-state index contributed by atoms with van der Waals surface area (Å²) >= 11 is 0. The molecule has 5 heteroatoms. The molecule has 134 valence electrons. The van der Waals surface area contributed by atoms with Crippen LogP contribution in [-0.4, -0.2) is 28.4 Å². The molecule has 27 heavy (non-hydrogen) atoms. The third-order valence-corrected chi connectivity index (χ3v) is 5.86. The molecule has 5 nitrogen and oxygen atoms in total. The predicted molar refractivity (Wildman–Crippen MR) is 100 cm³/mol. The first kappa shape index (κ1) is 15.3. The lowest BCUT2D eigenvalue weighted by atomic mass is 9.81. The van der Waals surface area contributed by atoms with E-state index < -0.39 is 12.2 Å². The molecule has 6 rings (SSSR count). The molecule has 0 aromatic heterocycles. The van der Waals surface area contributed by atoms with E-state index in [1.165, 1.54) is 6.92 Å². The Balaban J connectivity index is 1.75. The van der Waals surface area contributed by atoms with Crippen LogP contribution in [0.15, 0.2) is 42.5 Å². The van der Waals surface area contributed by atoms with Gasteiger partial charge in [-0.2, -0.15) is 0 Å². The highest BCUT2D eigenvalue weighted by molar-refractivity contribution is 6.25. The van der Waals surface area contributed by atoms with Gasteiger partial charge in [-0.15, -0.1) is 0 Å². The summed E-state index contributed by atoms with van der Waals surface area (Å²) in [6.07, 6.45) is -2.38. The summed E-state index contributed by atoms with van der Waals surface area (Å²) in [5, 5.41) is 26.8. The molecule has 4 atom stereocenters. The molecule has 2 N–H and O–H groups in total. The molecule has 4 aromatic carbocycles. The van der Waals surface area contributed by atoms with E-state index in [0.717, 1.165) is 43.4 Å². The summed E-state index contributed by atoms with van der Waals surface area (Å²) in [6.45, 7) is 1.39. The Hall–Kier alpha value is -2.73. The van der Waals surface area contributed by atoms with Crippen LogP contribution in [0.25, 0.3) is 32.3 Å². The molecular formula is C22H16O5. The average Bonchev–Trinajstić information content (AvgIpc) is 3.45. The van der Waals surface area contributed by atoms with Crippen LogP contribution in [-0.2, 0) is 9.53 Å². The summed E-state index contributed by atoms with van der Waals surface area (Å²) in [5.74, 6) is 0.187. The molecule has 1 fully saturated rings. The molecule has 1 aliphatic carbocycles. The highest BCUT2D eigenvalue weighted by Gasteiger charge is 2.54. The Morgan fingerprint density at radius 1 is 1.00 bits per heavy atom. The van der Waals surface area contributed by atoms with E-state index in [1.54, 1.807) is 0 Å². The van der Waals surface area contributed by atoms with Crippen LogP contribution in [0.2, 0.25) is 0 Å². The van der Waals surface area contributed by atoms with Crippen molar-refractivity contribution in [2.45, 2.75) is 31.3 Å². The van der Waals surface area contributed by atoms with Crippen LogP contribution >= 0.6 is 0 Å². The summed E-state index contributed by atoms with van der Waals surface area (Å²) in [4.78, 5) is 11.5. The normalized spacial score (nSPS) is 26.3. The van der Waals surface area contributed by atoms with E-state index in [-0.39, 0.29) is 18.2 Å². The molecule has 0 spiro atoms. The predicted octanol–water partition coefficient (Wildman–Crippen LogP) is 3.36. The molecule has 0 amide bonds. The topological polar surface area (TPSA) is 79.3 Å². The number of epoxide rings is 1. The second kappa shape index (κ2) is 4.95. The second-order valence-electron chi connectivity index (χ2n) is 7.42. The molecule has 1 heterocycles. The van der Waals surface area contributed by atoms with Crippen molar-refractivity contribution in [2.75, 3.05) is 0 Å². The Morgan fingerprint density at radius 2 is 1.70 bits per heavy atom. The molecule has 0 bridgehead atoms. The van der Waals surface area contributed by atoms with E-state index in [0.29, 0.717) is 5.75 Å². The highest BCUT2D eigenvalue weighted by Crippen LogP contribution is 2.54. The van der Waals surface area contributed by atoms with Crippen LogP contribution in [0.3, 0.4) is 0 Å². The minimum Gasteiger partial charge on any atom is -0.426 e. The fourth-order valence-electron chi connectivity index (χ4n) is 4.68. The molecule has 1 saturated heterocycles. The van der Waals surface area contributed by atoms with Crippen LogP contribution in [0.4, 0.5) is 0 Å². The van der Waals surface area contributed by atoms with Gasteiger partial charge < -0.3 is 19.7 Å². The lowest BCUT2D eigenvalue weighted by Gasteiger charge is -2.26. The van der Waals surface area contributed by atoms with Crippen molar-refractivity contribution >= 4 is 38.3 Å². The van der Waals surface area contributed by atoms with Gasteiger partial charge in [0.15, 0.2) is 0 Å². The summed E-state index contributed by atoms with van der Waals surface area (Å²) in [5.41, 5.74) is 1.69. The van der Waals surface area contributed by atoms with E-state index in [2.05, 4.69) is 6.07 Å². The van der Waals surface area contributed by atoms with Gasteiger partial charge in [0.05, 0.1) is 0 Å². The van der Waals surface area contributed by atoms with Crippen molar-refractivity contribution in [2.24, 2.45) is 0 Å². The van der Waals surface area contributed by atoms with Crippen molar-refractivity contribution in [3.8, 4) is 5.75 Å². The molecular weight excluding hydrogens is 344 g/mol. The number of esters is 1. The van der Waals surface area contributed by atoms with Gasteiger partial charge in [-0.05, 0) is 50.9 Å². The molecule has 2 aliphatic rings. The molecule has 4 aromatic rings. The number of carbonyl (C=O) groups is 1. The van der Waals surface area contributed by atoms with E-state index >= 15 is 0 Å². The number of fused-ring (bicyclic) bond motifs is 4. The minimum absolute atomic E-state index is 0.184. The number of aliphatic hydroxyl groups excluding tert-OH is 2. The Bertz CT molecular complexity index is 1260. The molecule has 1 aliphatic heterocycles. The number of benzene rings is 4. The average molecular weight is 360 g/mol. The fraction of sp³-hybridized carbons (Fsp3) is 0.227. The van der Waals surface area contributed by atoms with Gasteiger partial charge in [0, 0.05) is 17.7 Å². The lowest BCUT2D eigenvalue weighted by Crippen LogP contribution is -2.29. The fourth-order valence-corrected chi connectivity index (χ4v) is 4.68. The zero-order chi connectivity index (χ0) is 18.4. The van der Waals surface area contributed by atoms with Crippen molar-refractivity contribution < 1.29 is 24.5 Å². The Kier molecular flexibility index (Phi) is 2.81. The number of hydrogen-bond donors (Lipinski definition) is 2. The van der Waals surface area contributed by atoms with Gasteiger partial charge >= 0.3 is 5.97 Å². The van der Waals surface area contributed by atoms with Crippen molar-refractivity contribution in [1.29, 1.82) is 0 Å². The quantitative estimate of drug-likeness (QED) is 0.236. The monoisotopic (exact) mass is 360 g/mol. The van der Waals surface area contributed by atoms with E-state index in [4.69, 9.17) is 9.47 Å². The summed E-state index contributed by atoms with van der Waals surface area (Å²) in [6, 6.07) is 13.7. The third-order valence-electron chi connectivity index (χ3n) is 5.86. The third kappa shape index (κ3) is 1.91. The van der Waals surface area contributed by atoms with Gasteiger partial charge in [0.1, 0.15) is 30.2 Å². The SMILES string of the molecule is CC(=O)Oc1ccc2ccc3c4c(cc5ccc1c2c53)[C@@H](O)[C@H](O)[C@@H]1O[C@H]41. The Labute approximate surface area is 154 Å². The van der Waals surface area contributed by atoms with Gasteiger partial charge in [0.25, 0.3) is 0 Å². The number of ether oxygens (including phenoxy) is 2. The summed E-state index contributed by atoms with van der Waals surface area (Å²) in [7, 11) is 0. The summed E-state index contributed by atoms with van der Waals surface area (Å²) < 4.78 is 11.1. The number of rotatable bonds is 1. The van der Waals surface area contributed by atoms with Crippen LogP contribution < -0.4 is 4.74 Å². The zero-order valence-corrected chi connectivity index (χ0v) is 14.5. The van der Waals surface area contributed by atoms with E-state index in [9.17, 15) is 15.0 Å². The smallest absolute Gasteiger partial charge is 0.308 e. The zero-order valence-electron chi connectivity index (χ0n) is 14.5. The first-order chi connectivity index (χ1) is 13.0. The molecule has 0 saturated carbocycles. The number of hydrogen-bond acceptors (Lipinski definition) is 5. The first-order valence-corrected chi connectivity index (χ1v) is 8.99. The first-order valence-electron chi connectivity index (χ1n) is 8.99. The maximum atomic E-state index is 11.5. The maximum Gasteiger partial charge on any atom is 0.308 e. The van der Waals surface area contributed by atoms with Crippen LogP contribution in [0.5, 0.6) is 5.75 Å². The molecule has 0 unspecified atom stereocenters. The van der Waals surface area contributed by atoms with Crippen molar-refractivity contribution in [1.82, 2.24) is 0 Å². The van der Waals surface area contributed by atoms with Gasteiger partial charge in [-0.3, -0.25) is 4.79 Å². The van der Waals surface area contributed by atoms with Crippen molar-refractivity contribution in [3.05, 3.63) is 53.6 Å². The maximum absolute atomic E-state index is 11.5. The lowest BCUT2D eigenvalue weighted by molar-refractivity contribution is -0.131. The standard InChI is InChI=1S/C22H16O5/c1-9(23)26-15-7-4-10-2-6-13-17-11(3-5-12(15)16(10)17)8-14-18(13)21-22(27-21)20(25)19(14)24/h2-8,19-22,24-25H,1H3/t19-,20+,21-,22+/m1/s1. The molecule has 0 radical (unpaired) electrons. The van der Waals surface area contributed by atoms with Gasteiger partial charge in [-0.1, -0.05) is 24.3 Å². The van der Waals surface area contributed by atoms with Gasteiger partial charge in [0.2, 0.25) is 0 Å². The van der Waals surface area contributed by atoms with E-state index in [1.807, 2.05) is 36.4 Å². The Morgan fingerprint density at radius 3 is 2.52 bits per heavy atom. The number of aliphatic hydroxyl groups is 2.